The number of aromatic amines is 1. The van der Waals surface area contributed by atoms with Crippen LogP contribution in [0.1, 0.15) is 30.1 Å². The molecule has 0 atom stereocenters. The third-order valence-electron chi connectivity index (χ3n) is 3.02. The first-order valence-corrected chi connectivity index (χ1v) is 8.11. The van der Waals surface area contributed by atoms with Crippen molar-refractivity contribution in [2.24, 2.45) is 0 Å². The Kier molecular flexibility index (Phi) is 5.68. The Hall–Kier alpha value is -1.95. The van der Waals surface area contributed by atoms with Gasteiger partial charge in [-0.05, 0) is 18.2 Å². The van der Waals surface area contributed by atoms with E-state index in [1.54, 1.807) is 18.0 Å². The number of hydrazine groups is 1. The fourth-order valence-corrected chi connectivity index (χ4v) is 2.80. The van der Waals surface area contributed by atoms with Crippen molar-refractivity contribution in [2.75, 3.05) is 11.5 Å². The highest BCUT2D eigenvalue weighted by Crippen LogP contribution is 2.17. The lowest BCUT2D eigenvalue weighted by atomic mass is 10.2. The van der Waals surface area contributed by atoms with Gasteiger partial charge in [0.25, 0.3) is 5.91 Å². The number of hydrogen-bond acceptors (Lipinski definition) is 3. The number of carbonyl (C=O) groups is 2. The normalized spacial score (nSPS) is 10.5. The van der Waals surface area contributed by atoms with Gasteiger partial charge < -0.3 is 4.98 Å². The maximum atomic E-state index is 12.0. The van der Waals surface area contributed by atoms with Crippen molar-refractivity contribution >= 4 is 34.5 Å². The lowest BCUT2D eigenvalue weighted by Gasteiger charge is -2.06. The van der Waals surface area contributed by atoms with Crippen LogP contribution in [0.15, 0.2) is 30.5 Å². The molecule has 112 valence electrons. The molecular formula is C15H19N3O2S. The van der Waals surface area contributed by atoms with E-state index in [0.29, 0.717) is 11.3 Å². The minimum Gasteiger partial charge on any atom is -0.360 e. The van der Waals surface area contributed by atoms with Crippen LogP contribution in [-0.2, 0) is 4.79 Å². The standard InChI is InChI=1S/C15H19N3O2S/c1-2-3-8-21-10-14(19)17-18-15(20)12-9-16-13-7-5-4-6-11(12)13/h4-7,9,16H,2-3,8,10H2,1H3,(H,17,19)(H,18,20). The Balaban J connectivity index is 1.83. The van der Waals surface area contributed by atoms with Crippen LogP contribution in [0.25, 0.3) is 10.9 Å². The highest BCUT2D eigenvalue weighted by Gasteiger charge is 2.12. The van der Waals surface area contributed by atoms with Crippen LogP contribution < -0.4 is 10.9 Å². The summed E-state index contributed by atoms with van der Waals surface area (Å²) in [7, 11) is 0. The van der Waals surface area contributed by atoms with Crippen LogP contribution in [0.2, 0.25) is 0 Å². The molecule has 1 heterocycles. The highest BCUT2D eigenvalue weighted by atomic mass is 32.2. The molecule has 2 rings (SSSR count). The third-order valence-corrected chi connectivity index (χ3v) is 4.07. The van der Waals surface area contributed by atoms with Gasteiger partial charge in [-0.25, -0.2) is 0 Å². The molecule has 5 nitrogen and oxygen atoms in total. The van der Waals surface area contributed by atoms with E-state index in [1.807, 2.05) is 24.3 Å². The van der Waals surface area contributed by atoms with E-state index in [1.165, 1.54) is 0 Å². The summed E-state index contributed by atoms with van der Waals surface area (Å²) < 4.78 is 0. The largest absolute Gasteiger partial charge is 0.360 e. The van der Waals surface area contributed by atoms with Crippen molar-refractivity contribution in [3.8, 4) is 0 Å². The Labute approximate surface area is 127 Å². The summed E-state index contributed by atoms with van der Waals surface area (Å²) in [6, 6.07) is 7.53. The molecule has 0 aliphatic rings. The van der Waals surface area contributed by atoms with Gasteiger partial charge in [0.1, 0.15) is 0 Å². The molecular weight excluding hydrogens is 286 g/mol. The quantitative estimate of drug-likeness (QED) is 0.567. The summed E-state index contributed by atoms with van der Waals surface area (Å²) in [6.07, 6.45) is 3.85. The molecule has 1 aromatic carbocycles. The number of nitrogens with one attached hydrogen (secondary N) is 3. The van der Waals surface area contributed by atoms with Crippen LogP contribution in [0.4, 0.5) is 0 Å². The minimum atomic E-state index is -0.320. The fourth-order valence-electron chi connectivity index (χ4n) is 1.90. The SMILES string of the molecule is CCCCSCC(=O)NNC(=O)c1c[nH]c2ccccc12. The van der Waals surface area contributed by atoms with Crippen LogP contribution in [0.5, 0.6) is 0 Å². The van der Waals surface area contributed by atoms with E-state index in [0.717, 1.165) is 29.5 Å². The smallest absolute Gasteiger partial charge is 0.271 e. The molecule has 0 aliphatic carbocycles. The van der Waals surface area contributed by atoms with Gasteiger partial charge in [-0.1, -0.05) is 31.5 Å². The highest BCUT2D eigenvalue weighted by molar-refractivity contribution is 7.99. The summed E-state index contributed by atoms with van der Waals surface area (Å²) in [5.41, 5.74) is 6.30. The second-order valence-corrected chi connectivity index (χ2v) is 5.76. The van der Waals surface area contributed by atoms with Crippen LogP contribution in [-0.4, -0.2) is 28.3 Å². The summed E-state index contributed by atoms with van der Waals surface area (Å²) in [6.45, 7) is 2.11. The van der Waals surface area contributed by atoms with E-state index < -0.39 is 0 Å². The molecule has 0 saturated heterocycles. The third kappa shape index (κ3) is 4.26. The molecule has 1 aromatic heterocycles. The van der Waals surface area contributed by atoms with E-state index in [9.17, 15) is 9.59 Å². The van der Waals surface area contributed by atoms with Gasteiger partial charge in [0.15, 0.2) is 0 Å². The molecule has 0 unspecified atom stereocenters. The lowest BCUT2D eigenvalue weighted by Crippen LogP contribution is -2.42. The molecule has 0 radical (unpaired) electrons. The zero-order chi connectivity index (χ0) is 15.1. The molecule has 0 bridgehead atoms. The molecule has 0 spiro atoms. The zero-order valence-corrected chi connectivity index (χ0v) is 12.8. The number of thioether (sulfide) groups is 1. The molecule has 21 heavy (non-hydrogen) atoms. The topological polar surface area (TPSA) is 74.0 Å². The Morgan fingerprint density at radius 3 is 2.86 bits per heavy atom. The number of amides is 2. The Bertz CT molecular complexity index is 624. The molecule has 3 N–H and O–H groups in total. The van der Waals surface area contributed by atoms with Gasteiger partial charge in [-0.3, -0.25) is 20.4 Å². The first-order valence-electron chi connectivity index (χ1n) is 6.95. The van der Waals surface area contributed by atoms with Crippen LogP contribution in [0, 0.1) is 0 Å². The number of para-hydroxylation sites is 1. The van der Waals surface area contributed by atoms with Crippen LogP contribution >= 0.6 is 11.8 Å². The van der Waals surface area contributed by atoms with Gasteiger partial charge in [-0.15, -0.1) is 0 Å². The minimum absolute atomic E-state index is 0.190. The van der Waals surface area contributed by atoms with E-state index in [4.69, 9.17) is 0 Å². The van der Waals surface area contributed by atoms with Gasteiger partial charge in [0, 0.05) is 17.1 Å². The lowest BCUT2D eigenvalue weighted by molar-refractivity contribution is -0.119. The number of unbranched alkanes of at least 4 members (excludes halogenated alkanes) is 1. The van der Waals surface area contributed by atoms with Gasteiger partial charge in [0.05, 0.1) is 11.3 Å². The molecule has 0 saturated carbocycles. The Morgan fingerprint density at radius 1 is 1.24 bits per heavy atom. The maximum Gasteiger partial charge on any atom is 0.271 e. The summed E-state index contributed by atoms with van der Waals surface area (Å²) >= 11 is 1.57. The molecule has 6 heteroatoms. The first-order chi connectivity index (χ1) is 10.2. The second-order valence-electron chi connectivity index (χ2n) is 4.66. The number of hydrogen-bond donors (Lipinski definition) is 3. The van der Waals surface area contributed by atoms with E-state index in [2.05, 4.69) is 22.8 Å². The number of H-pyrrole nitrogens is 1. The number of fused-ring (bicyclic) bond motifs is 1. The first kappa shape index (κ1) is 15.4. The van der Waals surface area contributed by atoms with Crippen molar-refractivity contribution in [1.29, 1.82) is 0 Å². The molecule has 0 fully saturated rings. The van der Waals surface area contributed by atoms with Crippen molar-refractivity contribution in [3.63, 3.8) is 0 Å². The number of benzene rings is 1. The fraction of sp³-hybridized carbons (Fsp3) is 0.333. The predicted octanol–water partition coefficient (Wildman–Crippen LogP) is 2.46. The van der Waals surface area contributed by atoms with Gasteiger partial charge >= 0.3 is 0 Å². The second kappa shape index (κ2) is 7.73. The van der Waals surface area contributed by atoms with Gasteiger partial charge in [-0.2, -0.15) is 11.8 Å². The molecule has 2 aromatic rings. The van der Waals surface area contributed by atoms with E-state index >= 15 is 0 Å². The molecule has 0 aliphatic heterocycles. The predicted molar refractivity (Wildman–Crippen MR) is 86.1 cm³/mol. The maximum absolute atomic E-state index is 12.0. The van der Waals surface area contributed by atoms with Gasteiger partial charge in [0.2, 0.25) is 5.91 Å². The number of aromatic nitrogens is 1. The monoisotopic (exact) mass is 305 g/mol. The summed E-state index contributed by atoms with van der Waals surface area (Å²) in [5.74, 6) is 0.803. The summed E-state index contributed by atoms with van der Waals surface area (Å²) in [5, 5.41) is 0.835. The van der Waals surface area contributed by atoms with E-state index in [-0.39, 0.29) is 11.8 Å². The van der Waals surface area contributed by atoms with Crippen molar-refractivity contribution in [3.05, 3.63) is 36.0 Å². The molecule has 2 amide bonds. The van der Waals surface area contributed by atoms with Crippen molar-refractivity contribution < 1.29 is 9.59 Å². The number of rotatable bonds is 6. The average molecular weight is 305 g/mol. The number of carbonyl (C=O) groups excluding carboxylic acids is 2. The van der Waals surface area contributed by atoms with Crippen molar-refractivity contribution in [1.82, 2.24) is 15.8 Å². The average Bonchev–Trinajstić information content (AvgIpc) is 2.93. The van der Waals surface area contributed by atoms with Crippen LogP contribution in [0.3, 0.4) is 0 Å². The zero-order valence-electron chi connectivity index (χ0n) is 11.9. The van der Waals surface area contributed by atoms with Crippen molar-refractivity contribution in [2.45, 2.75) is 19.8 Å². The Morgan fingerprint density at radius 2 is 2.05 bits per heavy atom. The summed E-state index contributed by atoms with van der Waals surface area (Å²) in [4.78, 5) is 26.7.